The van der Waals surface area contributed by atoms with Gasteiger partial charge in [-0.3, -0.25) is 4.79 Å². The SMILES string of the molecule is C=C1C(=O)Nc2cccc(CNc3nc(Nc4ccc(C5=CCN(C(=O)OC(C)(C)C)CC5)cc4OC)ncc3C(F)(F)F)c21. The molecule has 0 saturated carbocycles. The molecule has 2 aliphatic heterocycles. The number of carbonyl (C=O) groups is 2. The van der Waals surface area contributed by atoms with Gasteiger partial charge in [-0.1, -0.05) is 30.9 Å². The number of ether oxygens (including phenoxy) is 2. The summed E-state index contributed by atoms with van der Waals surface area (Å²) in [6.45, 7) is 10.1. The van der Waals surface area contributed by atoms with Gasteiger partial charge in [0, 0.05) is 42.7 Å². The summed E-state index contributed by atoms with van der Waals surface area (Å²) < 4.78 is 52.7. The molecule has 0 atom stereocenters. The Morgan fingerprint density at radius 3 is 2.62 bits per heavy atom. The van der Waals surface area contributed by atoms with Crippen LogP contribution in [0, 0.1) is 0 Å². The maximum Gasteiger partial charge on any atom is 0.421 e. The molecule has 2 aromatic carbocycles. The molecule has 10 nitrogen and oxygen atoms in total. The van der Waals surface area contributed by atoms with Crippen molar-refractivity contribution >= 4 is 46.3 Å². The number of amides is 2. The van der Waals surface area contributed by atoms with Crippen LogP contribution in [0.3, 0.4) is 0 Å². The number of nitrogens with one attached hydrogen (secondary N) is 3. The van der Waals surface area contributed by atoms with Gasteiger partial charge < -0.3 is 30.3 Å². The van der Waals surface area contributed by atoms with Crippen molar-refractivity contribution in [2.24, 2.45) is 0 Å². The Kier molecular flexibility index (Phi) is 8.46. The summed E-state index contributed by atoms with van der Waals surface area (Å²) >= 11 is 0. The highest BCUT2D eigenvalue weighted by atomic mass is 19.4. The zero-order valence-corrected chi connectivity index (χ0v) is 25.3. The maximum absolute atomic E-state index is 13.9. The lowest BCUT2D eigenvalue weighted by Crippen LogP contribution is -2.39. The van der Waals surface area contributed by atoms with Crippen LogP contribution in [-0.4, -0.2) is 52.7 Å². The molecule has 0 saturated heterocycles. The summed E-state index contributed by atoms with van der Waals surface area (Å²) in [6, 6.07) is 10.5. The minimum atomic E-state index is -4.72. The number of carbonyl (C=O) groups excluding carboxylic acids is 2. The third-order valence-electron chi connectivity index (χ3n) is 7.19. The van der Waals surface area contributed by atoms with Crippen LogP contribution in [0.1, 0.15) is 49.4 Å². The quantitative estimate of drug-likeness (QED) is 0.245. The fraction of sp³-hybridized carbons (Fsp3) is 0.312. The molecule has 3 N–H and O–H groups in total. The molecule has 0 radical (unpaired) electrons. The standard InChI is InChI=1S/C32H33F3N6O4/c1-18-26-21(7-6-8-24(26)38-28(18)42)16-36-27-22(32(33,34)35)17-37-29(40-27)39-23-10-9-20(15-25(23)44-5)19-11-13-41(14-12-19)30(43)45-31(2,3)4/h6-11,15,17H,1,12-14,16H2,2-5H3,(H,38,42)(H2,36,37,39,40). The van der Waals surface area contributed by atoms with Crippen LogP contribution in [0.4, 0.5) is 41.1 Å². The minimum absolute atomic E-state index is 0.0465. The van der Waals surface area contributed by atoms with Crippen LogP contribution < -0.4 is 20.7 Å². The maximum atomic E-state index is 13.9. The summed E-state index contributed by atoms with van der Waals surface area (Å²) in [5, 5.41) is 8.41. The number of fused-ring (bicyclic) bond motifs is 1. The van der Waals surface area contributed by atoms with Gasteiger partial charge in [-0.05, 0) is 62.1 Å². The highest BCUT2D eigenvalue weighted by Crippen LogP contribution is 2.37. The smallest absolute Gasteiger partial charge is 0.421 e. The molecular weight excluding hydrogens is 589 g/mol. The predicted molar refractivity (Wildman–Crippen MR) is 165 cm³/mol. The topological polar surface area (TPSA) is 118 Å². The van der Waals surface area contributed by atoms with Crippen molar-refractivity contribution in [3.63, 3.8) is 0 Å². The zero-order chi connectivity index (χ0) is 32.5. The Morgan fingerprint density at radius 1 is 1.18 bits per heavy atom. The van der Waals surface area contributed by atoms with Crippen molar-refractivity contribution in [1.82, 2.24) is 14.9 Å². The van der Waals surface area contributed by atoms with E-state index in [4.69, 9.17) is 9.47 Å². The number of hydrogen-bond acceptors (Lipinski definition) is 8. The molecule has 236 valence electrons. The number of hydrogen-bond donors (Lipinski definition) is 3. The van der Waals surface area contributed by atoms with Gasteiger partial charge in [0.2, 0.25) is 5.95 Å². The van der Waals surface area contributed by atoms with Crippen LogP contribution >= 0.6 is 0 Å². The Bertz CT molecular complexity index is 1700. The summed E-state index contributed by atoms with van der Waals surface area (Å²) in [4.78, 5) is 34.1. The first-order valence-corrected chi connectivity index (χ1v) is 14.2. The average Bonchev–Trinajstić information content (AvgIpc) is 3.28. The summed E-state index contributed by atoms with van der Waals surface area (Å²) in [6.07, 6.45) is -1.82. The fourth-order valence-corrected chi connectivity index (χ4v) is 5.02. The zero-order valence-electron chi connectivity index (χ0n) is 25.3. The molecule has 0 aliphatic carbocycles. The first kappa shape index (κ1) is 31.4. The van der Waals surface area contributed by atoms with Crippen LogP contribution in [0.5, 0.6) is 5.75 Å². The highest BCUT2D eigenvalue weighted by molar-refractivity contribution is 6.31. The van der Waals surface area contributed by atoms with E-state index in [0.29, 0.717) is 54.0 Å². The molecular formula is C32H33F3N6O4. The first-order chi connectivity index (χ1) is 21.2. The molecule has 2 aliphatic rings. The van der Waals surface area contributed by atoms with E-state index in [9.17, 15) is 22.8 Å². The van der Waals surface area contributed by atoms with Gasteiger partial charge in [-0.25, -0.2) is 9.78 Å². The van der Waals surface area contributed by atoms with E-state index in [0.717, 1.165) is 11.1 Å². The molecule has 2 amide bonds. The van der Waals surface area contributed by atoms with E-state index >= 15 is 0 Å². The van der Waals surface area contributed by atoms with Crippen molar-refractivity contribution in [3.8, 4) is 5.75 Å². The molecule has 0 spiro atoms. The second kappa shape index (κ2) is 12.1. The van der Waals surface area contributed by atoms with Crippen molar-refractivity contribution in [2.75, 3.05) is 36.1 Å². The van der Waals surface area contributed by atoms with Crippen LogP contribution in [-0.2, 0) is 22.3 Å². The average molecular weight is 623 g/mol. The van der Waals surface area contributed by atoms with Crippen LogP contribution in [0.15, 0.2) is 55.3 Å². The van der Waals surface area contributed by atoms with Crippen molar-refractivity contribution < 1.29 is 32.2 Å². The summed E-state index contributed by atoms with van der Waals surface area (Å²) in [7, 11) is 1.48. The van der Waals surface area contributed by atoms with Gasteiger partial charge in [-0.15, -0.1) is 0 Å². The van der Waals surface area contributed by atoms with Gasteiger partial charge in [0.15, 0.2) is 0 Å². The Balaban J connectivity index is 1.34. The minimum Gasteiger partial charge on any atom is -0.495 e. The van der Waals surface area contributed by atoms with E-state index in [-0.39, 0.29) is 30.1 Å². The van der Waals surface area contributed by atoms with Gasteiger partial charge >= 0.3 is 12.3 Å². The largest absolute Gasteiger partial charge is 0.495 e. The predicted octanol–water partition coefficient (Wildman–Crippen LogP) is 6.85. The number of alkyl halides is 3. The Morgan fingerprint density at radius 2 is 1.96 bits per heavy atom. The molecule has 0 fully saturated rings. The van der Waals surface area contributed by atoms with Crippen molar-refractivity contribution in [1.29, 1.82) is 0 Å². The second-order valence-electron chi connectivity index (χ2n) is 11.5. The number of rotatable bonds is 7. The lowest BCUT2D eigenvalue weighted by atomic mass is 9.99. The molecule has 45 heavy (non-hydrogen) atoms. The van der Waals surface area contributed by atoms with E-state index in [1.165, 1.54) is 7.11 Å². The lowest BCUT2D eigenvalue weighted by Gasteiger charge is -2.29. The number of anilines is 4. The molecule has 0 bridgehead atoms. The number of benzene rings is 2. The Labute approximate surface area is 258 Å². The summed E-state index contributed by atoms with van der Waals surface area (Å²) in [5.41, 5.74) is 2.63. The molecule has 1 aromatic heterocycles. The monoisotopic (exact) mass is 622 g/mol. The van der Waals surface area contributed by atoms with E-state index < -0.39 is 23.2 Å². The second-order valence-corrected chi connectivity index (χ2v) is 11.5. The number of methoxy groups -OCH3 is 1. The van der Waals surface area contributed by atoms with Gasteiger partial charge in [0.05, 0.1) is 12.8 Å². The van der Waals surface area contributed by atoms with Gasteiger partial charge in [0.25, 0.3) is 5.91 Å². The normalized spacial score (nSPS) is 14.8. The third-order valence-corrected chi connectivity index (χ3v) is 7.19. The van der Waals surface area contributed by atoms with Crippen molar-refractivity contribution in [2.45, 2.75) is 45.5 Å². The van der Waals surface area contributed by atoms with Gasteiger partial charge in [-0.2, -0.15) is 18.2 Å². The molecule has 3 heterocycles. The Hall–Kier alpha value is -5.07. The molecule has 3 aromatic rings. The van der Waals surface area contributed by atoms with E-state index in [1.807, 2.05) is 32.9 Å². The molecule has 5 rings (SSSR count). The highest BCUT2D eigenvalue weighted by Gasteiger charge is 2.35. The van der Waals surface area contributed by atoms with E-state index in [1.54, 1.807) is 35.2 Å². The summed E-state index contributed by atoms with van der Waals surface area (Å²) in [5.74, 6) is -0.444. The molecule has 0 unspecified atom stereocenters. The van der Waals surface area contributed by atoms with Crippen LogP contribution in [0.25, 0.3) is 11.1 Å². The fourth-order valence-electron chi connectivity index (χ4n) is 5.02. The van der Waals surface area contributed by atoms with E-state index in [2.05, 4.69) is 32.5 Å². The first-order valence-electron chi connectivity index (χ1n) is 14.2. The molecule has 13 heteroatoms. The third kappa shape index (κ3) is 7.03. The number of nitrogens with zero attached hydrogens (tertiary/aromatic N) is 3. The number of halogens is 3. The van der Waals surface area contributed by atoms with Gasteiger partial charge in [0.1, 0.15) is 22.7 Å². The van der Waals surface area contributed by atoms with Crippen LogP contribution in [0.2, 0.25) is 0 Å². The lowest BCUT2D eigenvalue weighted by molar-refractivity contribution is -0.137. The van der Waals surface area contributed by atoms with Crippen molar-refractivity contribution in [3.05, 3.63) is 77.5 Å². The number of aromatic nitrogens is 2.